The van der Waals surface area contributed by atoms with Crippen molar-refractivity contribution in [3.05, 3.63) is 35.9 Å². The lowest BCUT2D eigenvalue weighted by Gasteiger charge is -2.05. The van der Waals surface area contributed by atoms with Gasteiger partial charge in [0.1, 0.15) is 0 Å². The van der Waals surface area contributed by atoms with E-state index < -0.39 is 6.56 Å². The minimum Gasteiger partial charge on any atom is -0.377 e. The molecular formula is C12H18O. The van der Waals surface area contributed by atoms with E-state index in [1.165, 1.54) is 0 Å². The third kappa shape index (κ3) is 4.69. The molecule has 0 saturated heterocycles. The third-order valence-electron chi connectivity index (χ3n) is 1.76. The zero-order chi connectivity index (χ0) is 11.3. The molecule has 72 valence electrons. The van der Waals surface area contributed by atoms with Gasteiger partial charge in [0.15, 0.2) is 0 Å². The summed E-state index contributed by atoms with van der Waals surface area (Å²) in [6, 6.07) is 9.00. The highest BCUT2D eigenvalue weighted by Crippen LogP contribution is 2.03. The quantitative estimate of drug-likeness (QED) is 0.676. The minimum absolute atomic E-state index is 0.458. The van der Waals surface area contributed by atoms with Crippen molar-refractivity contribution < 1.29 is 7.48 Å². The predicted octanol–water partition coefficient (Wildman–Crippen LogP) is 3.25. The fourth-order valence-corrected chi connectivity index (χ4v) is 0.935. The summed E-state index contributed by atoms with van der Waals surface area (Å²) in [6.45, 7) is 2.98. The van der Waals surface area contributed by atoms with Crippen LogP contribution in [0.2, 0.25) is 0 Å². The predicted molar refractivity (Wildman–Crippen MR) is 55.6 cm³/mol. The van der Waals surface area contributed by atoms with E-state index >= 15 is 0 Å². The van der Waals surface area contributed by atoms with Crippen LogP contribution < -0.4 is 0 Å². The van der Waals surface area contributed by atoms with Crippen LogP contribution in [0, 0.1) is 5.92 Å². The van der Waals surface area contributed by atoms with Crippen molar-refractivity contribution in [1.82, 2.24) is 0 Å². The van der Waals surface area contributed by atoms with Crippen LogP contribution in [0.15, 0.2) is 30.3 Å². The van der Waals surface area contributed by atoms with Gasteiger partial charge in [0, 0.05) is 6.61 Å². The Labute approximate surface area is 83.5 Å². The lowest BCUT2D eigenvalue weighted by Crippen LogP contribution is -1.98. The van der Waals surface area contributed by atoms with Crippen molar-refractivity contribution in [3.8, 4) is 0 Å². The molecular weight excluding hydrogens is 160 g/mol. The van der Waals surface area contributed by atoms with Crippen LogP contribution in [0.4, 0.5) is 0 Å². The van der Waals surface area contributed by atoms with Gasteiger partial charge in [-0.05, 0) is 17.9 Å². The molecule has 1 nitrogen and oxygen atoms in total. The largest absolute Gasteiger partial charge is 0.377 e. The van der Waals surface area contributed by atoms with Crippen molar-refractivity contribution in [2.75, 3.05) is 6.61 Å². The Morgan fingerprint density at radius 2 is 2.00 bits per heavy atom. The van der Waals surface area contributed by atoms with E-state index in [1.807, 2.05) is 18.2 Å². The second-order valence-corrected chi connectivity index (χ2v) is 3.50. The molecule has 0 aliphatic rings. The van der Waals surface area contributed by atoms with E-state index in [2.05, 4.69) is 13.8 Å². The number of benzene rings is 1. The maximum absolute atomic E-state index is 7.76. The smallest absolute Gasteiger partial charge is 0.0716 e. The van der Waals surface area contributed by atoms with Crippen molar-refractivity contribution in [2.45, 2.75) is 26.8 Å². The fourth-order valence-electron chi connectivity index (χ4n) is 0.935. The molecule has 0 atom stereocenters. The Bertz CT molecular complexity index is 283. The summed E-state index contributed by atoms with van der Waals surface area (Å²) in [5.74, 6) is 0.538. The van der Waals surface area contributed by atoms with Crippen molar-refractivity contribution >= 4 is 0 Å². The van der Waals surface area contributed by atoms with E-state index in [-0.39, 0.29) is 0 Å². The lowest BCUT2D eigenvalue weighted by molar-refractivity contribution is 0.110. The first-order chi connectivity index (χ1) is 7.02. The van der Waals surface area contributed by atoms with E-state index in [1.54, 1.807) is 12.1 Å². The van der Waals surface area contributed by atoms with Crippen molar-refractivity contribution in [1.29, 1.82) is 0 Å². The van der Waals surface area contributed by atoms with Gasteiger partial charge in [-0.15, -0.1) is 0 Å². The maximum atomic E-state index is 7.76. The normalized spacial score (nSPS) is 14.1. The molecule has 0 aliphatic heterocycles. The standard InChI is InChI=1S/C12H18O/c1-11(2)8-9-13-10-12-6-4-3-5-7-12/h3-7,11H,8-10H2,1-2H3/i10D2. The van der Waals surface area contributed by atoms with Gasteiger partial charge in [0.25, 0.3) is 0 Å². The molecule has 0 spiro atoms. The molecule has 1 aromatic rings. The van der Waals surface area contributed by atoms with E-state index in [0.29, 0.717) is 18.1 Å². The van der Waals surface area contributed by atoms with Crippen molar-refractivity contribution in [2.24, 2.45) is 5.92 Å². The average Bonchev–Trinajstić information content (AvgIpc) is 2.18. The summed E-state index contributed by atoms with van der Waals surface area (Å²) in [7, 11) is 0. The first-order valence-corrected chi connectivity index (χ1v) is 4.72. The van der Waals surface area contributed by atoms with Crippen LogP contribution in [-0.2, 0) is 11.3 Å². The molecule has 1 heteroatoms. The average molecular weight is 180 g/mol. The molecule has 13 heavy (non-hydrogen) atoms. The molecule has 0 radical (unpaired) electrons. The van der Waals surface area contributed by atoms with Crippen LogP contribution in [0.25, 0.3) is 0 Å². The van der Waals surface area contributed by atoms with Crippen LogP contribution in [0.1, 0.15) is 28.6 Å². The Morgan fingerprint density at radius 1 is 1.31 bits per heavy atom. The van der Waals surface area contributed by atoms with Crippen LogP contribution in [0.3, 0.4) is 0 Å². The van der Waals surface area contributed by atoms with Gasteiger partial charge in [-0.2, -0.15) is 0 Å². The Balaban J connectivity index is 2.52. The first-order valence-electron chi connectivity index (χ1n) is 5.72. The third-order valence-corrected chi connectivity index (χ3v) is 1.76. The molecule has 0 fully saturated rings. The number of rotatable bonds is 5. The monoisotopic (exact) mass is 180 g/mol. The molecule has 0 N–H and O–H groups in total. The van der Waals surface area contributed by atoms with Gasteiger partial charge in [-0.1, -0.05) is 44.2 Å². The van der Waals surface area contributed by atoms with Gasteiger partial charge in [-0.25, -0.2) is 0 Å². The molecule has 0 aromatic heterocycles. The summed E-state index contributed by atoms with van der Waals surface area (Å²) in [5, 5.41) is 0. The minimum atomic E-state index is -1.67. The van der Waals surface area contributed by atoms with Crippen LogP contribution in [0.5, 0.6) is 0 Å². The SMILES string of the molecule is [2H]C([2H])(OCCC(C)C)c1ccccc1. The number of ether oxygens (including phenoxy) is 1. The summed E-state index contributed by atoms with van der Waals surface area (Å²) in [5.41, 5.74) is 0.578. The molecule has 0 aliphatic carbocycles. The van der Waals surface area contributed by atoms with Crippen LogP contribution in [-0.4, -0.2) is 6.61 Å². The fraction of sp³-hybridized carbons (Fsp3) is 0.500. The highest BCUT2D eigenvalue weighted by atomic mass is 16.5. The molecule has 1 rings (SSSR count). The molecule has 0 saturated carbocycles. The van der Waals surface area contributed by atoms with Gasteiger partial charge >= 0.3 is 0 Å². The highest BCUT2D eigenvalue weighted by Gasteiger charge is 1.94. The second kappa shape index (κ2) is 5.76. The molecule has 0 unspecified atom stereocenters. The zero-order valence-electron chi connectivity index (χ0n) is 10.3. The number of hydrogen-bond donors (Lipinski definition) is 0. The molecule has 1 aromatic carbocycles. The zero-order valence-corrected chi connectivity index (χ0v) is 8.29. The second-order valence-electron chi connectivity index (χ2n) is 3.50. The summed E-state index contributed by atoms with van der Waals surface area (Å²) >= 11 is 0. The van der Waals surface area contributed by atoms with Crippen LogP contribution >= 0.6 is 0 Å². The molecule has 0 heterocycles. The number of hydrogen-bond acceptors (Lipinski definition) is 1. The van der Waals surface area contributed by atoms with Gasteiger partial charge in [0.2, 0.25) is 0 Å². The maximum Gasteiger partial charge on any atom is 0.0716 e. The van der Waals surface area contributed by atoms with E-state index in [0.717, 1.165) is 6.42 Å². The van der Waals surface area contributed by atoms with E-state index in [9.17, 15) is 0 Å². The Morgan fingerprint density at radius 3 is 2.62 bits per heavy atom. The highest BCUT2D eigenvalue weighted by molar-refractivity contribution is 5.13. The molecule has 0 bridgehead atoms. The molecule has 0 amide bonds. The Kier molecular flexibility index (Phi) is 3.36. The summed E-state index contributed by atoms with van der Waals surface area (Å²) < 4.78 is 20.8. The summed E-state index contributed by atoms with van der Waals surface area (Å²) in [6.07, 6.45) is 0.881. The van der Waals surface area contributed by atoms with E-state index in [4.69, 9.17) is 7.48 Å². The van der Waals surface area contributed by atoms with Gasteiger partial charge in [-0.3, -0.25) is 0 Å². The summed E-state index contributed by atoms with van der Waals surface area (Å²) in [4.78, 5) is 0. The lowest BCUT2D eigenvalue weighted by atomic mass is 10.1. The van der Waals surface area contributed by atoms with Gasteiger partial charge in [0.05, 0.1) is 9.30 Å². The van der Waals surface area contributed by atoms with Crippen molar-refractivity contribution in [3.63, 3.8) is 0 Å². The first kappa shape index (κ1) is 7.57. The topological polar surface area (TPSA) is 9.23 Å². The van der Waals surface area contributed by atoms with Gasteiger partial charge < -0.3 is 4.74 Å². The Hall–Kier alpha value is -0.820.